The van der Waals surface area contributed by atoms with Crippen LogP contribution in [-0.2, 0) is 12.8 Å². The van der Waals surface area contributed by atoms with E-state index < -0.39 is 0 Å². The summed E-state index contributed by atoms with van der Waals surface area (Å²) in [6.07, 6.45) is 1.94. The van der Waals surface area contributed by atoms with Crippen molar-refractivity contribution in [3.63, 3.8) is 0 Å². The Balaban J connectivity index is 2.11. The first-order valence-corrected chi connectivity index (χ1v) is 7.47. The van der Waals surface area contributed by atoms with Crippen LogP contribution in [0.1, 0.15) is 22.3 Å². The fourth-order valence-corrected chi connectivity index (χ4v) is 2.83. The van der Waals surface area contributed by atoms with E-state index in [0.29, 0.717) is 12.5 Å². The second kappa shape index (κ2) is 6.92. The van der Waals surface area contributed by atoms with E-state index in [1.807, 2.05) is 6.07 Å². The largest absolute Gasteiger partial charge is 0.330 e. The summed E-state index contributed by atoms with van der Waals surface area (Å²) >= 11 is 6.32. The minimum atomic E-state index is 0.427. The summed E-state index contributed by atoms with van der Waals surface area (Å²) in [7, 11) is 0. The van der Waals surface area contributed by atoms with Gasteiger partial charge in [-0.3, -0.25) is 0 Å². The third-order valence-corrected chi connectivity index (χ3v) is 4.17. The van der Waals surface area contributed by atoms with E-state index in [0.717, 1.165) is 17.9 Å². The molecule has 0 heterocycles. The molecule has 20 heavy (non-hydrogen) atoms. The summed E-state index contributed by atoms with van der Waals surface area (Å²) in [5.41, 5.74) is 11.1. The molecule has 0 aliphatic rings. The third-order valence-electron chi connectivity index (χ3n) is 3.82. The molecule has 0 radical (unpaired) electrons. The quantitative estimate of drug-likeness (QED) is 0.871. The van der Waals surface area contributed by atoms with E-state index in [2.05, 4.69) is 50.2 Å². The molecule has 0 aromatic heterocycles. The molecule has 2 rings (SSSR count). The van der Waals surface area contributed by atoms with Gasteiger partial charge in [-0.2, -0.15) is 0 Å². The molecule has 0 aliphatic carbocycles. The lowest BCUT2D eigenvalue weighted by Gasteiger charge is -2.17. The molecule has 0 bridgehead atoms. The van der Waals surface area contributed by atoms with Crippen molar-refractivity contribution in [1.29, 1.82) is 0 Å². The van der Waals surface area contributed by atoms with E-state index in [-0.39, 0.29) is 0 Å². The highest BCUT2D eigenvalue weighted by molar-refractivity contribution is 6.31. The summed E-state index contributed by atoms with van der Waals surface area (Å²) in [6.45, 7) is 4.89. The van der Waals surface area contributed by atoms with E-state index >= 15 is 0 Å². The van der Waals surface area contributed by atoms with Gasteiger partial charge in [0.1, 0.15) is 0 Å². The van der Waals surface area contributed by atoms with Crippen LogP contribution in [0.5, 0.6) is 0 Å². The molecule has 1 nitrogen and oxygen atoms in total. The molecule has 0 amide bonds. The zero-order valence-corrected chi connectivity index (χ0v) is 13.0. The van der Waals surface area contributed by atoms with Gasteiger partial charge in [0.25, 0.3) is 0 Å². The van der Waals surface area contributed by atoms with Gasteiger partial charge in [-0.05, 0) is 67.5 Å². The minimum Gasteiger partial charge on any atom is -0.330 e. The molecular weight excluding hydrogens is 266 g/mol. The maximum atomic E-state index is 6.32. The molecule has 1 unspecified atom stereocenters. The van der Waals surface area contributed by atoms with Gasteiger partial charge < -0.3 is 5.73 Å². The second-order valence-electron chi connectivity index (χ2n) is 5.53. The highest BCUT2D eigenvalue weighted by atomic mass is 35.5. The predicted molar refractivity (Wildman–Crippen MR) is 87.3 cm³/mol. The van der Waals surface area contributed by atoms with E-state index in [1.54, 1.807) is 0 Å². The zero-order chi connectivity index (χ0) is 14.5. The molecular formula is C18H22ClN. The van der Waals surface area contributed by atoms with Crippen LogP contribution in [0.3, 0.4) is 0 Å². The normalized spacial score (nSPS) is 12.4. The lowest BCUT2D eigenvalue weighted by atomic mass is 9.90. The highest BCUT2D eigenvalue weighted by Gasteiger charge is 2.12. The third kappa shape index (κ3) is 3.84. The van der Waals surface area contributed by atoms with E-state index in [1.165, 1.54) is 22.3 Å². The van der Waals surface area contributed by atoms with Crippen LogP contribution >= 0.6 is 11.6 Å². The fourth-order valence-electron chi connectivity index (χ4n) is 2.52. The number of hydrogen-bond acceptors (Lipinski definition) is 1. The molecule has 0 spiro atoms. The first-order valence-electron chi connectivity index (χ1n) is 7.09. The molecule has 2 N–H and O–H groups in total. The summed E-state index contributed by atoms with van der Waals surface area (Å²) in [4.78, 5) is 0. The summed E-state index contributed by atoms with van der Waals surface area (Å²) < 4.78 is 0. The summed E-state index contributed by atoms with van der Waals surface area (Å²) in [6, 6.07) is 14.8. The van der Waals surface area contributed by atoms with Crippen molar-refractivity contribution in [1.82, 2.24) is 0 Å². The predicted octanol–water partition coefficient (Wildman–Crippen LogP) is 4.32. The van der Waals surface area contributed by atoms with Gasteiger partial charge in [0.15, 0.2) is 0 Å². The number of aryl methyl sites for hydroxylation is 2. The average molecular weight is 288 g/mol. The lowest BCUT2D eigenvalue weighted by Crippen LogP contribution is -2.20. The SMILES string of the molecule is Cc1ccc(CC(CN)Cc2ccccc2C)c(Cl)c1. The first-order chi connectivity index (χ1) is 9.60. The first kappa shape index (κ1) is 15.1. The summed E-state index contributed by atoms with van der Waals surface area (Å²) in [5, 5.41) is 0.855. The number of halogens is 1. The Kier molecular flexibility index (Phi) is 5.22. The number of rotatable bonds is 5. The van der Waals surface area contributed by atoms with E-state index in [9.17, 15) is 0 Å². The van der Waals surface area contributed by atoms with Crippen LogP contribution in [0.15, 0.2) is 42.5 Å². The van der Waals surface area contributed by atoms with Crippen molar-refractivity contribution < 1.29 is 0 Å². The van der Waals surface area contributed by atoms with Crippen molar-refractivity contribution >= 4 is 11.6 Å². The van der Waals surface area contributed by atoms with Crippen LogP contribution in [0, 0.1) is 19.8 Å². The van der Waals surface area contributed by atoms with Crippen molar-refractivity contribution in [2.75, 3.05) is 6.54 Å². The van der Waals surface area contributed by atoms with Crippen LogP contribution in [0.25, 0.3) is 0 Å². The minimum absolute atomic E-state index is 0.427. The second-order valence-corrected chi connectivity index (χ2v) is 5.94. The van der Waals surface area contributed by atoms with Crippen molar-refractivity contribution in [3.8, 4) is 0 Å². The topological polar surface area (TPSA) is 26.0 Å². The molecule has 0 aliphatic heterocycles. The fraction of sp³-hybridized carbons (Fsp3) is 0.333. The zero-order valence-electron chi connectivity index (χ0n) is 12.2. The van der Waals surface area contributed by atoms with Crippen LogP contribution in [-0.4, -0.2) is 6.54 Å². The molecule has 2 aromatic rings. The maximum Gasteiger partial charge on any atom is 0.0440 e. The molecule has 2 heteroatoms. The number of nitrogens with two attached hydrogens (primary N) is 1. The molecule has 0 fully saturated rings. The standard InChI is InChI=1S/C18H22ClN/c1-13-7-8-17(18(19)9-13)11-15(12-20)10-16-6-4-3-5-14(16)2/h3-9,15H,10-12,20H2,1-2H3. The lowest BCUT2D eigenvalue weighted by molar-refractivity contribution is 0.532. The Morgan fingerprint density at radius 1 is 1.00 bits per heavy atom. The van der Waals surface area contributed by atoms with Crippen LogP contribution in [0.4, 0.5) is 0 Å². The summed E-state index contributed by atoms with van der Waals surface area (Å²) in [5.74, 6) is 0.427. The molecule has 2 aromatic carbocycles. The Labute approximate surface area is 126 Å². The Hall–Kier alpha value is -1.31. The molecule has 106 valence electrons. The van der Waals surface area contributed by atoms with Crippen LogP contribution in [0.2, 0.25) is 5.02 Å². The van der Waals surface area contributed by atoms with Crippen molar-refractivity contribution in [3.05, 3.63) is 69.7 Å². The van der Waals surface area contributed by atoms with Gasteiger partial charge in [0.2, 0.25) is 0 Å². The highest BCUT2D eigenvalue weighted by Crippen LogP contribution is 2.23. The number of benzene rings is 2. The average Bonchev–Trinajstić information content (AvgIpc) is 2.43. The van der Waals surface area contributed by atoms with Crippen molar-refractivity contribution in [2.24, 2.45) is 11.7 Å². The van der Waals surface area contributed by atoms with Gasteiger partial charge in [-0.1, -0.05) is 48.0 Å². The van der Waals surface area contributed by atoms with E-state index in [4.69, 9.17) is 17.3 Å². The Morgan fingerprint density at radius 3 is 2.35 bits per heavy atom. The Morgan fingerprint density at radius 2 is 1.70 bits per heavy atom. The van der Waals surface area contributed by atoms with Gasteiger partial charge in [0.05, 0.1) is 0 Å². The molecule has 0 saturated heterocycles. The van der Waals surface area contributed by atoms with Gasteiger partial charge in [-0.25, -0.2) is 0 Å². The number of hydrogen-bond donors (Lipinski definition) is 1. The monoisotopic (exact) mass is 287 g/mol. The van der Waals surface area contributed by atoms with Crippen molar-refractivity contribution in [2.45, 2.75) is 26.7 Å². The maximum absolute atomic E-state index is 6.32. The Bertz CT molecular complexity index is 577. The van der Waals surface area contributed by atoms with Crippen LogP contribution < -0.4 is 5.73 Å². The molecule has 0 saturated carbocycles. The molecule has 1 atom stereocenters. The smallest absolute Gasteiger partial charge is 0.0440 e. The van der Waals surface area contributed by atoms with Gasteiger partial charge in [0, 0.05) is 5.02 Å². The van der Waals surface area contributed by atoms with Gasteiger partial charge in [-0.15, -0.1) is 0 Å². The van der Waals surface area contributed by atoms with Gasteiger partial charge >= 0.3 is 0 Å².